The predicted octanol–water partition coefficient (Wildman–Crippen LogP) is 6.98. The Labute approximate surface area is 244 Å². The van der Waals surface area contributed by atoms with Gasteiger partial charge >= 0.3 is 24.3 Å². The first kappa shape index (κ1) is 34.5. The Hall–Kier alpha value is -4.73. The number of carboxylic acid groups (broad SMARTS) is 2. The molecule has 0 radical (unpaired) electrons. The Kier molecular flexibility index (Phi) is 11.2. The van der Waals surface area contributed by atoms with Gasteiger partial charge in [-0.3, -0.25) is 4.79 Å². The Bertz CT molecular complexity index is 1570. The molecule has 1 amide bonds. The lowest BCUT2D eigenvalue weighted by Crippen LogP contribution is -2.40. The van der Waals surface area contributed by atoms with Crippen molar-refractivity contribution < 1.29 is 50.9 Å². The number of rotatable bonds is 7. The molecule has 1 atom stereocenters. The molecule has 0 unspecified atom stereocenters. The summed E-state index contributed by atoms with van der Waals surface area (Å²) in [6.45, 7) is 1.68. The number of aromatic nitrogens is 2. The molecule has 2 aromatic heterocycles. The van der Waals surface area contributed by atoms with Crippen molar-refractivity contribution in [3.8, 4) is 11.1 Å². The second-order valence-corrected chi connectivity index (χ2v) is 9.45. The van der Waals surface area contributed by atoms with Crippen LogP contribution >= 0.6 is 11.3 Å². The number of fused-ring (bicyclic) bond motifs is 1. The zero-order chi connectivity index (χ0) is 31.2. The number of nitrogens with one attached hydrogen (secondary N) is 2. The number of aliphatic carboxylic acids is 2. The van der Waals surface area contributed by atoms with E-state index in [1.54, 1.807) is 43.3 Å². The second kappa shape index (κ2) is 14.0. The smallest absolute Gasteiger partial charge is 0.480 e. The van der Waals surface area contributed by atoms with Gasteiger partial charge in [0.05, 0.1) is 10.3 Å². The molecule has 0 saturated heterocycles. The van der Waals surface area contributed by atoms with Crippen LogP contribution in [0.4, 0.5) is 37.2 Å². The van der Waals surface area contributed by atoms with Crippen LogP contribution in [0.3, 0.4) is 0 Å². The van der Waals surface area contributed by atoms with Gasteiger partial charge in [-0.15, -0.1) is 0 Å². The first-order chi connectivity index (χ1) is 19.6. The van der Waals surface area contributed by atoms with Crippen molar-refractivity contribution in [2.45, 2.75) is 39.2 Å². The average molecular weight is 631 g/mol. The summed E-state index contributed by atoms with van der Waals surface area (Å²) in [5, 5.41) is 22.2. The Balaban J connectivity index is 0.000000721. The first-order valence-electron chi connectivity index (χ1n) is 11.7. The minimum atomic E-state index is -5.08. The molecule has 0 aliphatic carbocycles. The lowest BCUT2D eigenvalue weighted by molar-refractivity contribution is -0.192. The van der Waals surface area contributed by atoms with Gasteiger partial charge in [0.1, 0.15) is 6.04 Å². The molecule has 0 fully saturated rings. The molecular formula is C27H24F6N4O5S. The molecule has 0 aliphatic heterocycles. The zero-order valence-electron chi connectivity index (χ0n) is 21.2. The average Bonchev–Trinajstić information content (AvgIpc) is 3.33. The molecule has 16 heteroatoms. The van der Waals surface area contributed by atoms with Crippen molar-refractivity contribution in [2.24, 2.45) is 0 Å². The number of benzene rings is 2. The fourth-order valence-corrected chi connectivity index (χ4v) is 4.18. The summed E-state index contributed by atoms with van der Waals surface area (Å²) in [4.78, 5) is 40.3. The van der Waals surface area contributed by atoms with Gasteiger partial charge < -0.3 is 20.8 Å². The van der Waals surface area contributed by atoms with E-state index >= 15 is 0 Å². The van der Waals surface area contributed by atoms with Gasteiger partial charge in [0.25, 0.3) is 5.91 Å². The van der Waals surface area contributed by atoms with E-state index in [1.807, 2.05) is 12.1 Å². The molecule has 4 N–H and O–H groups in total. The van der Waals surface area contributed by atoms with Gasteiger partial charge in [0, 0.05) is 17.4 Å². The lowest BCUT2D eigenvalue weighted by Gasteiger charge is -2.12. The Morgan fingerprint density at radius 2 is 1.47 bits per heavy atom. The third-order valence-electron chi connectivity index (χ3n) is 5.45. The summed E-state index contributed by atoms with van der Waals surface area (Å²) in [6, 6.07) is 14.1. The topological polar surface area (TPSA) is 142 Å². The van der Waals surface area contributed by atoms with Crippen LogP contribution in [0, 0.1) is 0 Å². The SMILES string of the molecule is C.CC[C@H](NC(=O)c1ccc(-c2ccc(Nc3nc4ncc(C(F)(F)F)cc4s3)cc2)cc1)C(=O)O.O=C(O)C(F)(F)F. The second-order valence-electron chi connectivity index (χ2n) is 8.42. The summed E-state index contributed by atoms with van der Waals surface area (Å²) in [5.74, 6) is -4.30. The van der Waals surface area contributed by atoms with Crippen molar-refractivity contribution >= 4 is 50.3 Å². The molecular weight excluding hydrogens is 606 g/mol. The van der Waals surface area contributed by atoms with Crippen molar-refractivity contribution in [3.63, 3.8) is 0 Å². The highest BCUT2D eigenvalue weighted by atomic mass is 32.1. The molecule has 0 saturated carbocycles. The van der Waals surface area contributed by atoms with Gasteiger partial charge in [-0.05, 0) is 47.9 Å². The predicted molar refractivity (Wildman–Crippen MR) is 147 cm³/mol. The van der Waals surface area contributed by atoms with E-state index in [9.17, 15) is 35.9 Å². The summed E-state index contributed by atoms with van der Waals surface area (Å²) in [5.41, 5.74) is 2.19. The highest BCUT2D eigenvalue weighted by Gasteiger charge is 2.38. The molecule has 4 aromatic rings. The normalized spacial score (nSPS) is 11.9. The number of halogens is 6. The standard InChI is InChI=1S/C24H19F3N4O3S.C2HF3O2.CH4/c1-2-18(22(33)34)30-21(32)15-5-3-13(4-6-15)14-7-9-17(10-8-14)29-23-31-20-19(35-23)11-16(12-28-20)24(25,26)27;3-2(4,5)1(6)7;/h3-12,18H,2H2,1H3,(H,30,32)(H,33,34)(H,28,29,31);(H,6,7);1H4/t18-;;/m0../s1. The van der Waals surface area contributed by atoms with Crippen LogP contribution in [0.1, 0.15) is 36.7 Å². The van der Waals surface area contributed by atoms with E-state index in [0.29, 0.717) is 21.1 Å². The van der Waals surface area contributed by atoms with Crippen LogP contribution in [0.25, 0.3) is 21.5 Å². The number of alkyl halides is 6. The number of carbonyl (C=O) groups is 3. The van der Waals surface area contributed by atoms with E-state index in [0.717, 1.165) is 34.7 Å². The summed E-state index contributed by atoms with van der Waals surface area (Å²) in [6.07, 6.45) is -8.50. The fraction of sp³-hybridized carbons (Fsp3) is 0.222. The van der Waals surface area contributed by atoms with Crippen LogP contribution in [0.5, 0.6) is 0 Å². The maximum absolute atomic E-state index is 12.9. The van der Waals surface area contributed by atoms with Gasteiger partial charge in [0.15, 0.2) is 10.8 Å². The first-order valence-corrected chi connectivity index (χ1v) is 12.5. The van der Waals surface area contributed by atoms with E-state index in [1.165, 1.54) is 0 Å². The number of nitrogens with zero attached hydrogens (tertiary/aromatic N) is 2. The fourth-order valence-electron chi connectivity index (χ4n) is 3.29. The van der Waals surface area contributed by atoms with Crippen LogP contribution in [0.15, 0.2) is 60.8 Å². The van der Waals surface area contributed by atoms with Crippen LogP contribution in [-0.2, 0) is 15.8 Å². The quantitative estimate of drug-likeness (QED) is 0.160. The maximum atomic E-state index is 12.9. The number of thiazole rings is 1. The summed E-state index contributed by atoms with van der Waals surface area (Å²) < 4.78 is 70.7. The highest BCUT2D eigenvalue weighted by molar-refractivity contribution is 7.22. The molecule has 0 spiro atoms. The summed E-state index contributed by atoms with van der Waals surface area (Å²) in [7, 11) is 0. The lowest BCUT2D eigenvalue weighted by atomic mass is 10.0. The number of pyridine rings is 1. The molecule has 43 heavy (non-hydrogen) atoms. The van der Waals surface area contributed by atoms with E-state index in [4.69, 9.17) is 15.0 Å². The number of hydrogen-bond acceptors (Lipinski definition) is 7. The number of hydrogen-bond donors (Lipinski definition) is 4. The van der Waals surface area contributed by atoms with Gasteiger partial charge in [-0.2, -0.15) is 31.3 Å². The van der Waals surface area contributed by atoms with Crippen LogP contribution in [0.2, 0.25) is 0 Å². The Morgan fingerprint density at radius 1 is 0.930 bits per heavy atom. The minimum Gasteiger partial charge on any atom is -0.480 e. The highest BCUT2D eigenvalue weighted by Crippen LogP contribution is 2.34. The monoisotopic (exact) mass is 630 g/mol. The molecule has 2 heterocycles. The number of carboxylic acids is 2. The van der Waals surface area contributed by atoms with Crippen LogP contribution < -0.4 is 10.6 Å². The van der Waals surface area contributed by atoms with E-state index in [-0.39, 0.29) is 19.5 Å². The van der Waals surface area contributed by atoms with Gasteiger partial charge in [-0.25, -0.2) is 14.6 Å². The van der Waals surface area contributed by atoms with E-state index < -0.39 is 41.8 Å². The Morgan fingerprint density at radius 3 is 1.93 bits per heavy atom. The largest absolute Gasteiger partial charge is 0.490 e. The molecule has 0 aliphatic rings. The van der Waals surface area contributed by atoms with Crippen molar-refractivity contribution in [1.29, 1.82) is 0 Å². The van der Waals surface area contributed by atoms with Gasteiger partial charge in [-0.1, -0.05) is 50.0 Å². The molecule has 230 valence electrons. The van der Waals surface area contributed by atoms with Crippen molar-refractivity contribution in [3.05, 3.63) is 71.9 Å². The minimum absolute atomic E-state index is 0. The van der Waals surface area contributed by atoms with Crippen molar-refractivity contribution in [1.82, 2.24) is 15.3 Å². The van der Waals surface area contributed by atoms with Crippen molar-refractivity contribution in [2.75, 3.05) is 5.32 Å². The molecule has 2 aromatic carbocycles. The third-order valence-corrected chi connectivity index (χ3v) is 6.35. The van der Waals surface area contributed by atoms with E-state index in [2.05, 4.69) is 20.6 Å². The summed E-state index contributed by atoms with van der Waals surface area (Å²) >= 11 is 1.08. The zero-order valence-corrected chi connectivity index (χ0v) is 22.1. The number of anilines is 2. The third kappa shape index (κ3) is 9.39. The molecule has 9 nitrogen and oxygen atoms in total. The number of carbonyl (C=O) groups excluding carboxylic acids is 1. The molecule has 4 rings (SSSR count). The number of amides is 1. The maximum Gasteiger partial charge on any atom is 0.490 e. The van der Waals surface area contributed by atoms with Crippen LogP contribution in [-0.4, -0.2) is 50.2 Å². The van der Waals surface area contributed by atoms with Gasteiger partial charge in [0.2, 0.25) is 0 Å². The molecule has 0 bridgehead atoms.